The second-order valence-corrected chi connectivity index (χ2v) is 2.93. The van der Waals surface area contributed by atoms with Crippen LogP contribution in [0.1, 0.15) is 11.5 Å². The second kappa shape index (κ2) is 5.14. The first-order valence-electron chi connectivity index (χ1n) is 4.30. The van der Waals surface area contributed by atoms with E-state index in [-0.39, 0.29) is 12.3 Å². The minimum atomic E-state index is -1.21. The summed E-state index contributed by atoms with van der Waals surface area (Å²) in [7, 11) is 0. The Kier molecular flexibility index (Phi) is 3.85. The number of primary amides is 1. The maximum absolute atomic E-state index is 10.5. The quantitative estimate of drug-likeness (QED) is 0.581. The van der Waals surface area contributed by atoms with Gasteiger partial charge >= 0.3 is 0 Å². The van der Waals surface area contributed by atoms with Crippen molar-refractivity contribution in [2.75, 3.05) is 6.54 Å². The van der Waals surface area contributed by atoms with E-state index in [1.165, 1.54) is 0 Å². The summed E-state index contributed by atoms with van der Waals surface area (Å²) in [6.07, 6.45) is -1.21. The lowest BCUT2D eigenvalue weighted by molar-refractivity contribution is -0.125. The largest absolute Gasteiger partial charge is 0.449 e. The van der Waals surface area contributed by atoms with E-state index in [9.17, 15) is 4.79 Å². The first kappa shape index (κ1) is 11.2. The molecule has 0 saturated carbocycles. The van der Waals surface area contributed by atoms with Gasteiger partial charge in [0.05, 0.1) is 6.54 Å². The lowest BCUT2D eigenvalue weighted by Crippen LogP contribution is -2.37. The van der Waals surface area contributed by atoms with Crippen LogP contribution in [0.4, 0.5) is 0 Å². The van der Waals surface area contributed by atoms with Crippen LogP contribution < -0.4 is 11.1 Å². The van der Waals surface area contributed by atoms with Crippen molar-refractivity contribution < 1.29 is 14.3 Å². The molecule has 1 atom stereocenters. The number of carbonyl (C=O) groups is 1. The van der Waals surface area contributed by atoms with E-state index in [1.807, 2.05) is 6.07 Å². The molecule has 80 valence electrons. The summed E-state index contributed by atoms with van der Waals surface area (Å²) < 4.78 is 5.05. The number of aliphatic hydroxyl groups excluding tert-OH is 1. The van der Waals surface area contributed by atoms with Crippen molar-refractivity contribution in [3.05, 3.63) is 23.7 Å². The monoisotopic (exact) mass is 209 g/mol. The van der Waals surface area contributed by atoms with Gasteiger partial charge in [-0.25, -0.2) is 0 Å². The van der Waals surface area contributed by atoms with Crippen LogP contribution >= 0.6 is 0 Å². The average Bonchev–Trinajstić information content (AvgIpc) is 2.65. The van der Waals surface area contributed by atoms with Gasteiger partial charge in [-0.1, -0.05) is 0 Å². The van der Waals surface area contributed by atoms with Gasteiger partial charge in [0.2, 0.25) is 11.7 Å². The fraction of sp³-hybridized carbons (Fsp3) is 0.333. The zero-order valence-electron chi connectivity index (χ0n) is 7.93. The highest BCUT2D eigenvalue weighted by Gasteiger charge is 2.09. The summed E-state index contributed by atoms with van der Waals surface area (Å²) in [5.74, 6) is 0.00475. The molecule has 6 nitrogen and oxygen atoms in total. The van der Waals surface area contributed by atoms with Crippen molar-refractivity contribution in [2.45, 2.75) is 12.6 Å². The Bertz CT molecular complexity index is 380. The Morgan fingerprint density at radius 3 is 3.00 bits per heavy atom. The van der Waals surface area contributed by atoms with Crippen molar-refractivity contribution in [2.24, 2.45) is 5.73 Å². The molecule has 1 heterocycles. The molecule has 0 bridgehead atoms. The number of amides is 1. The minimum absolute atomic E-state index is 0.0535. The van der Waals surface area contributed by atoms with Gasteiger partial charge < -0.3 is 20.6 Å². The van der Waals surface area contributed by atoms with Gasteiger partial charge in [-0.15, -0.1) is 0 Å². The molecule has 4 N–H and O–H groups in total. The number of nitriles is 1. The number of aliphatic hydroxyl groups is 1. The molecule has 0 aliphatic rings. The summed E-state index contributed by atoms with van der Waals surface area (Å²) in [5, 5.41) is 20.3. The number of nitrogens with one attached hydrogen (secondary N) is 1. The number of nitrogens with two attached hydrogens (primary N) is 1. The highest BCUT2D eigenvalue weighted by molar-refractivity contribution is 5.78. The standard InChI is InChI=1S/C9H11N3O3/c10-3-6-1-2-7(15-6)4-12-5-8(13)9(11)14/h1-2,8,12-13H,4-5H2,(H2,11,14). The Hall–Kier alpha value is -1.84. The molecule has 6 heteroatoms. The molecule has 0 aliphatic heterocycles. The van der Waals surface area contributed by atoms with Crippen LogP contribution in [-0.2, 0) is 11.3 Å². The summed E-state index contributed by atoms with van der Waals surface area (Å²) >= 11 is 0. The van der Waals surface area contributed by atoms with E-state index < -0.39 is 12.0 Å². The van der Waals surface area contributed by atoms with Gasteiger partial charge in [-0.2, -0.15) is 5.26 Å². The van der Waals surface area contributed by atoms with Crippen LogP contribution in [0.15, 0.2) is 16.5 Å². The van der Waals surface area contributed by atoms with Crippen molar-refractivity contribution in [3.8, 4) is 6.07 Å². The van der Waals surface area contributed by atoms with Crippen LogP contribution in [0.2, 0.25) is 0 Å². The number of hydrogen-bond donors (Lipinski definition) is 3. The number of nitrogens with zero attached hydrogens (tertiary/aromatic N) is 1. The Labute approximate surface area is 86.3 Å². The number of hydrogen-bond acceptors (Lipinski definition) is 5. The van der Waals surface area contributed by atoms with Gasteiger partial charge in [-0.3, -0.25) is 4.79 Å². The summed E-state index contributed by atoms with van der Waals surface area (Å²) in [6, 6.07) is 5.03. The van der Waals surface area contributed by atoms with Gasteiger partial charge in [0.15, 0.2) is 0 Å². The maximum Gasteiger partial charge on any atom is 0.247 e. The van der Waals surface area contributed by atoms with Crippen LogP contribution in [0.5, 0.6) is 0 Å². The lowest BCUT2D eigenvalue weighted by atomic mass is 10.3. The van der Waals surface area contributed by atoms with Gasteiger partial charge in [0, 0.05) is 6.54 Å². The normalized spacial score (nSPS) is 12.0. The molecule has 1 amide bonds. The smallest absolute Gasteiger partial charge is 0.247 e. The molecule has 0 fully saturated rings. The maximum atomic E-state index is 10.5. The Morgan fingerprint density at radius 2 is 2.47 bits per heavy atom. The van der Waals surface area contributed by atoms with Crippen molar-refractivity contribution in [3.63, 3.8) is 0 Å². The van der Waals surface area contributed by atoms with E-state index in [2.05, 4.69) is 5.32 Å². The molecule has 0 saturated heterocycles. The van der Waals surface area contributed by atoms with Crippen LogP contribution in [-0.4, -0.2) is 23.7 Å². The molecule has 0 spiro atoms. The fourth-order valence-corrected chi connectivity index (χ4v) is 0.966. The average molecular weight is 209 g/mol. The molecule has 1 unspecified atom stereocenters. The topological polar surface area (TPSA) is 112 Å². The highest BCUT2D eigenvalue weighted by Crippen LogP contribution is 2.05. The van der Waals surface area contributed by atoms with Gasteiger partial charge in [-0.05, 0) is 12.1 Å². The third-order valence-electron chi connectivity index (χ3n) is 1.74. The number of rotatable bonds is 5. The summed E-state index contributed by atoms with van der Waals surface area (Å²) in [6.45, 7) is 0.379. The fourth-order valence-electron chi connectivity index (χ4n) is 0.966. The predicted octanol–water partition coefficient (Wildman–Crippen LogP) is -0.913. The molecule has 0 aliphatic carbocycles. The molecule has 0 radical (unpaired) electrons. The van der Waals surface area contributed by atoms with Crippen LogP contribution in [0, 0.1) is 11.3 Å². The first-order chi connectivity index (χ1) is 7.13. The van der Waals surface area contributed by atoms with E-state index in [0.717, 1.165) is 0 Å². The second-order valence-electron chi connectivity index (χ2n) is 2.93. The third-order valence-corrected chi connectivity index (χ3v) is 1.74. The van der Waals surface area contributed by atoms with Crippen molar-refractivity contribution in [1.29, 1.82) is 5.26 Å². The molecular weight excluding hydrogens is 198 g/mol. The zero-order chi connectivity index (χ0) is 11.3. The Balaban J connectivity index is 2.32. The van der Waals surface area contributed by atoms with Gasteiger partial charge in [0.25, 0.3) is 0 Å². The van der Waals surface area contributed by atoms with E-state index in [1.54, 1.807) is 12.1 Å². The van der Waals surface area contributed by atoms with E-state index in [0.29, 0.717) is 12.3 Å². The molecular formula is C9H11N3O3. The molecule has 0 aromatic carbocycles. The zero-order valence-corrected chi connectivity index (χ0v) is 7.93. The molecule has 1 aromatic heterocycles. The summed E-state index contributed by atoms with van der Waals surface area (Å²) in [4.78, 5) is 10.5. The highest BCUT2D eigenvalue weighted by atomic mass is 16.3. The van der Waals surface area contributed by atoms with Crippen molar-refractivity contribution in [1.82, 2.24) is 5.32 Å². The SMILES string of the molecule is N#Cc1ccc(CNCC(O)C(N)=O)o1. The van der Waals surface area contributed by atoms with Crippen LogP contribution in [0.25, 0.3) is 0 Å². The van der Waals surface area contributed by atoms with Gasteiger partial charge in [0.1, 0.15) is 17.9 Å². The minimum Gasteiger partial charge on any atom is -0.449 e. The van der Waals surface area contributed by atoms with E-state index >= 15 is 0 Å². The number of carbonyl (C=O) groups excluding carboxylic acids is 1. The molecule has 15 heavy (non-hydrogen) atoms. The summed E-state index contributed by atoms with van der Waals surface area (Å²) in [5.41, 5.74) is 4.85. The predicted molar refractivity (Wildman–Crippen MR) is 50.3 cm³/mol. The number of furan rings is 1. The van der Waals surface area contributed by atoms with E-state index in [4.69, 9.17) is 20.5 Å². The van der Waals surface area contributed by atoms with Crippen molar-refractivity contribution >= 4 is 5.91 Å². The molecule has 1 rings (SSSR count). The lowest BCUT2D eigenvalue weighted by Gasteiger charge is -2.06. The first-order valence-corrected chi connectivity index (χ1v) is 4.30. The third kappa shape index (κ3) is 3.42. The Morgan fingerprint density at radius 1 is 1.73 bits per heavy atom. The molecule has 1 aromatic rings. The van der Waals surface area contributed by atoms with Crippen LogP contribution in [0.3, 0.4) is 0 Å².